The normalized spacial score (nSPS) is 48.1. The van der Waals surface area contributed by atoms with Crippen molar-refractivity contribution in [2.75, 3.05) is 0 Å². The Labute approximate surface area is 107 Å². The van der Waals surface area contributed by atoms with E-state index in [4.69, 9.17) is 0 Å². The number of aliphatic carboxylic acids is 1. The Morgan fingerprint density at radius 2 is 1.83 bits per heavy atom. The van der Waals surface area contributed by atoms with Crippen LogP contribution >= 0.6 is 0 Å². The highest BCUT2D eigenvalue weighted by atomic mass is 16.5. The van der Waals surface area contributed by atoms with Gasteiger partial charge in [0.1, 0.15) is 12.1 Å². The van der Waals surface area contributed by atoms with E-state index in [2.05, 4.69) is 5.32 Å². The highest BCUT2D eigenvalue weighted by molar-refractivity contribution is 5.71. The van der Waals surface area contributed by atoms with E-state index in [1.165, 1.54) is 0 Å². The lowest BCUT2D eigenvalue weighted by molar-refractivity contribution is -0.914. The number of piperazine rings is 1. The van der Waals surface area contributed by atoms with Crippen molar-refractivity contribution < 1.29 is 15.0 Å². The molecule has 1 aliphatic heterocycles. The molecular formula is C13H22N2O3. The van der Waals surface area contributed by atoms with E-state index in [0.717, 1.165) is 38.5 Å². The Balaban J connectivity index is 1.81. The third-order valence-electron chi connectivity index (χ3n) is 5.12. The molecule has 18 heavy (non-hydrogen) atoms. The van der Waals surface area contributed by atoms with Crippen LogP contribution in [-0.2, 0) is 4.79 Å². The molecule has 0 spiro atoms. The number of quaternary nitrogens is 1. The number of carbonyl (C=O) groups is 1. The third-order valence-corrected chi connectivity index (χ3v) is 5.12. The molecule has 2 aliphatic carbocycles. The van der Waals surface area contributed by atoms with E-state index in [-0.39, 0.29) is 30.1 Å². The lowest BCUT2D eigenvalue weighted by Gasteiger charge is -2.54. The summed E-state index contributed by atoms with van der Waals surface area (Å²) in [5.74, 6) is -1.10. The maximum Gasteiger partial charge on any atom is 0.308 e. The van der Waals surface area contributed by atoms with Gasteiger partial charge in [0, 0.05) is 12.8 Å². The van der Waals surface area contributed by atoms with Gasteiger partial charge < -0.3 is 15.4 Å². The molecule has 5 heteroatoms. The van der Waals surface area contributed by atoms with Crippen molar-refractivity contribution in [3.8, 4) is 0 Å². The summed E-state index contributed by atoms with van der Waals surface area (Å²) in [4.78, 5) is 11.3. The molecule has 3 aliphatic rings. The zero-order chi connectivity index (χ0) is 12.7. The molecule has 5 nitrogen and oxygen atoms in total. The quantitative estimate of drug-likeness (QED) is 0.571. The predicted octanol–water partition coefficient (Wildman–Crippen LogP) is -0.0946. The standard InChI is InChI=1S/C13H22N2O3/c16-13(17)8-4-3-7-11-12(8)14-9-5-1-2-6-10(9)15(11)18/h8-12,14-15H,1-7H2,(H,16,17). The smallest absolute Gasteiger partial charge is 0.308 e. The highest BCUT2D eigenvalue weighted by Crippen LogP contribution is 2.29. The monoisotopic (exact) mass is 254 g/mol. The first-order valence-electron chi connectivity index (χ1n) is 7.21. The van der Waals surface area contributed by atoms with Crippen molar-refractivity contribution in [3.05, 3.63) is 5.21 Å². The minimum atomic E-state index is -0.737. The lowest BCUT2D eigenvalue weighted by atomic mass is 9.75. The van der Waals surface area contributed by atoms with Gasteiger partial charge >= 0.3 is 5.97 Å². The first-order chi connectivity index (χ1) is 8.68. The van der Waals surface area contributed by atoms with Crippen molar-refractivity contribution >= 4 is 5.97 Å². The molecule has 1 saturated heterocycles. The van der Waals surface area contributed by atoms with Crippen LogP contribution in [0.15, 0.2) is 0 Å². The van der Waals surface area contributed by atoms with Gasteiger partial charge in [-0.25, -0.2) is 0 Å². The number of carboxylic acids is 1. The first kappa shape index (κ1) is 12.4. The number of hydrogen-bond donors (Lipinski definition) is 3. The molecule has 0 radical (unpaired) electrons. The van der Waals surface area contributed by atoms with E-state index >= 15 is 0 Å². The predicted molar refractivity (Wildman–Crippen MR) is 66.1 cm³/mol. The number of carboxylic acid groups (broad SMARTS) is 1. The summed E-state index contributed by atoms with van der Waals surface area (Å²) in [7, 11) is 0. The molecule has 0 amide bonds. The average Bonchev–Trinajstić information content (AvgIpc) is 2.38. The Morgan fingerprint density at radius 3 is 2.61 bits per heavy atom. The van der Waals surface area contributed by atoms with E-state index in [9.17, 15) is 15.1 Å². The van der Waals surface area contributed by atoms with Gasteiger partial charge in [-0.05, 0) is 25.7 Å². The maximum absolute atomic E-state index is 12.5. The summed E-state index contributed by atoms with van der Waals surface area (Å²) in [6.45, 7) is 0. The number of hydroxylamine groups is 2. The highest BCUT2D eigenvalue weighted by Gasteiger charge is 2.49. The molecule has 102 valence electrons. The van der Waals surface area contributed by atoms with Gasteiger partial charge in [-0.2, -0.15) is 0 Å². The van der Waals surface area contributed by atoms with Crippen molar-refractivity contribution in [2.24, 2.45) is 5.92 Å². The summed E-state index contributed by atoms with van der Waals surface area (Å²) >= 11 is 0. The van der Waals surface area contributed by atoms with Crippen LogP contribution in [0, 0.1) is 11.1 Å². The lowest BCUT2D eigenvalue weighted by Crippen LogP contribution is -3.21. The number of rotatable bonds is 1. The van der Waals surface area contributed by atoms with Crippen LogP contribution < -0.4 is 10.4 Å². The Kier molecular flexibility index (Phi) is 3.30. The largest absolute Gasteiger partial charge is 0.634 e. The van der Waals surface area contributed by atoms with E-state index in [0.29, 0.717) is 11.5 Å². The summed E-state index contributed by atoms with van der Waals surface area (Å²) in [6.07, 6.45) is 6.81. The second-order valence-electron chi connectivity index (χ2n) is 6.07. The Morgan fingerprint density at radius 1 is 1.11 bits per heavy atom. The summed E-state index contributed by atoms with van der Waals surface area (Å²) in [5, 5.41) is 25.7. The molecule has 0 bridgehead atoms. The second kappa shape index (κ2) is 4.79. The molecule has 1 heterocycles. The molecule has 0 aromatic heterocycles. The molecule has 3 N–H and O–H groups in total. The van der Waals surface area contributed by atoms with Crippen LogP contribution in [0.25, 0.3) is 0 Å². The molecular weight excluding hydrogens is 232 g/mol. The van der Waals surface area contributed by atoms with Gasteiger partial charge in [0.2, 0.25) is 0 Å². The average molecular weight is 254 g/mol. The topological polar surface area (TPSA) is 76.8 Å². The second-order valence-corrected chi connectivity index (χ2v) is 6.07. The van der Waals surface area contributed by atoms with E-state index < -0.39 is 5.97 Å². The van der Waals surface area contributed by atoms with Crippen LogP contribution in [0.4, 0.5) is 0 Å². The number of hydrogen-bond acceptors (Lipinski definition) is 3. The molecule has 0 aromatic rings. The molecule has 6 unspecified atom stereocenters. The van der Waals surface area contributed by atoms with Crippen LogP contribution in [0.5, 0.6) is 0 Å². The minimum Gasteiger partial charge on any atom is -0.634 e. The SMILES string of the molecule is O=C(O)C1CCCC2C1NC1CCCCC1[NH+]2[O-]. The first-order valence-corrected chi connectivity index (χ1v) is 7.21. The van der Waals surface area contributed by atoms with Crippen molar-refractivity contribution in [1.82, 2.24) is 5.32 Å². The molecule has 6 atom stereocenters. The van der Waals surface area contributed by atoms with Gasteiger partial charge in [0.25, 0.3) is 0 Å². The zero-order valence-electron chi connectivity index (χ0n) is 10.6. The van der Waals surface area contributed by atoms with Crippen LogP contribution in [0.1, 0.15) is 44.9 Å². The third kappa shape index (κ3) is 1.94. The summed E-state index contributed by atoms with van der Waals surface area (Å²) in [6, 6.07) is 0.252. The van der Waals surface area contributed by atoms with Crippen molar-refractivity contribution in [2.45, 2.75) is 69.1 Å². The number of fused-ring (bicyclic) bond motifs is 2. The summed E-state index contributed by atoms with van der Waals surface area (Å²) in [5.41, 5.74) is 0. The summed E-state index contributed by atoms with van der Waals surface area (Å²) < 4.78 is 0. The van der Waals surface area contributed by atoms with E-state index in [1.54, 1.807) is 0 Å². The molecule has 2 saturated carbocycles. The minimum absolute atomic E-state index is 0.0424. The van der Waals surface area contributed by atoms with Gasteiger partial charge in [-0.3, -0.25) is 10.1 Å². The number of nitrogens with one attached hydrogen (secondary N) is 2. The van der Waals surface area contributed by atoms with Gasteiger partial charge in [-0.15, -0.1) is 0 Å². The van der Waals surface area contributed by atoms with Crippen LogP contribution in [0.2, 0.25) is 0 Å². The fourth-order valence-electron chi connectivity index (χ4n) is 4.22. The van der Waals surface area contributed by atoms with E-state index in [1.807, 2.05) is 0 Å². The fraction of sp³-hybridized carbons (Fsp3) is 0.923. The van der Waals surface area contributed by atoms with Gasteiger partial charge in [-0.1, -0.05) is 6.42 Å². The molecule has 3 fully saturated rings. The van der Waals surface area contributed by atoms with Gasteiger partial charge in [0.15, 0.2) is 0 Å². The van der Waals surface area contributed by atoms with Crippen LogP contribution in [-0.4, -0.2) is 35.2 Å². The zero-order valence-corrected chi connectivity index (χ0v) is 10.6. The Hall–Kier alpha value is -0.650. The maximum atomic E-state index is 12.5. The fourth-order valence-corrected chi connectivity index (χ4v) is 4.22. The molecule has 3 rings (SSSR count). The van der Waals surface area contributed by atoms with Gasteiger partial charge in [0.05, 0.1) is 18.0 Å². The Bertz CT molecular complexity index is 336. The van der Waals surface area contributed by atoms with Crippen LogP contribution in [0.3, 0.4) is 0 Å². The molecule has 0 aromatic carbocycles. The van der Waals surface area contributed by atoms with Crippen molar-refractivity contribution in [1.29, 1.82) is 0 Å². The van der Waals surface area contributed by atoms with Crippen molar-refractivity contribution in [3.63, 3.8) is 0 Å².